The van der Waals surface area contributed by atoms with Crippen molar-refractivity contribution in [1.29, 1.82) is 0 Å². The smallest absolute Gasteiger partial charge is 0.0355 e. The van der Waals surface area contributed by atoms with Gasteiger partial charge in [-0.05, 0) is 37.6 Å². The van der Waals surface area contributed by atoms with Crippen molar-refractivity contribution in [2.24, 2.45) is 23.5 Å². The molecule has 11 heavy (non-hydrogen) atoms. The standard InChI is InChI=1S/C9H16N2/c1-11-4-7-2-6-3-8(6)9(7,10)5-11/h6-8H,2-5,10H2,1H3/t6-,7?,8+,9-/m1/s1. The molecule has 1 saturated heterocycles. The van der Waals surface area contributed by atoms with E-state index in [1.54, 1.807) is 0 Å². The van der Waals surface area contributed by atoms with Gasteiger partial charge in [0.25, 0.3) is 0 Å². The zero-order chi connectivity index (χ0) is 7.64. The minimum atomic E-state index is 0.236. The van der Waals surface area contributed by atoms with Crippen LogP contribution in [0, 0.1) is 17.8 Å². The van der Waals surface area contributed by atoms with Crippen LogP contribution in [0.15, 0.2) is 0 Å². The number of nitrogens with two attached hydrogens (primary N) is 1. The van der Waals surface area contributed by atoms with Crippen molar-refractivity contribution in [3.63, 3.8) is 0 Å². The lowest BCUT2D eigenvalue weighted by Crippen LogP contribution is -2.47. The van der Waals surface area contributed by atoms with Crippen LogP contribution in [0.4, 0.5) is 0 Å². The predicted molar refractivity (Wildman–Crippen MR) is 44.1 cm³/mol. The van der Waals surface area contributed by atoms with E-state index in [2.05, 4.69) is 11.9 Å². The van der Waals surface area contributed by atoms with E-state index in [0.29, 0.717) is 0 Å². The van der Waals surface area contributed by atoms with E-state index >= 15 is 0 Å². The molecule has 0 bridgehead atoms. The maximum atomic E-state index is 6.40. The molecule has 0 radical (unpaired) electrons. The molecule has 2 nitrogen and oxygen atoms in total. The van der Waals surface area contributed by atoms with Crippen LogP contribution in [0.25, 0.3) is 0 Å². The van der Waals surface area contributed by atoms with Gasteiger partial charge in [0.05, 0.1) is 0 Å². The molecule has 2 saturated carbocycles. The summed E-state index contributed by atoms with van der Waals surface area (Å²) in [6.45, 7) is 2.41. The molecule has 0 aromatic rings. The highest BCUT2D eigenvalue weighted by Gasteiger charge is 2.63. The third-order valence-corrected chi connectivity index (χ3v) is 4.04. The third kappa shape index (κ3) is 0.651. The molecule has 3 rings (SSSR count). The van der Waals surface area contributed by atoms with E-state index in [4.69, 9.17) is 5.73 Å². The minimum absolute atomic E-state index is 0.236. The van der Waals surface area contributed by atoms with Gasteiger partial charge in [0.2, 0.25) is 0 Å². The average molecular weight is 152 g/mol. The van der Waals surface area contributed by atoms with Crippen molar-refractivity contribution in [2.45, 2.75) is 18.4 Å². The van der Waals surface area contributed by atoms with Crippen LogP contribution < -0.4 is 5.73 Å². The zero-order valence-electron chi connectivity index (χ0n) is 7.09. The lowest BCUT2D eigenvalue weighted by atomic mass is 9.87. The first-order valence-corrected chi connectivity index (χ1v) is 4.67. The summed E-state index contributed by atoms with van der Waals surface area (Å²) in [5.41, 5.74) is 6.63. The molecule has 1 aliphatic heterocycles. The Morgan fingerprint density at radius 2 is 2.27 bits per heavy atom. The van der Waals surface area contributed by atoms with Crippen molar-refractivity contribution in [2.75, 3.05) is 20.1 Å². The van der Waals surface area contributed by atoms with Gasteiger partial charge in [0, 0.05) is 18.6 Å². The summed E-state index contributed by atoms with van der Waals surface area (Å²) in [5.74, 6) is 2.76. The van der Waals surface area contributed by atoms with E-state index < -0.39 is 0 Å². The summed E-state index contributed by atoms with van der Waals surface area (Å²) < 4.78 is 0. The molecule has 2 heteroatoms. The molecule has 2 N–H and O–H groups in total. The Morgan fingerprint density at radius 1 is 1.45 bits per heavy atom. The van der Waals surface area contributed by atoms with Crippen molar-refractivity contribution in [1.82, 2.24) is 4.90 Å². The summed E-state index contributed by atoms with van der Waals surface area (Å²) in [4.78, 5) is 2.40. The van der Waals surface area contributed by atoms with Crippen LogP contribution in [0.2, 0.25) is 0 Å². The van der Waals surface area contributed by atoms with Crippen molar-refractivity contribution >= 4 is 0 Å². The molecule has 3 fully saturated rings. The molecule has 0 aromatic heterocycles. The minimum Gasteiger partial charge on any atom is -0.323 e. The van der Waals surface area contributed by atoms with Crippen LogP contribution in [-0.2, 0) is 0 Å². The molecule has 3 aliphatic rings. The number of nitrogens with zero attached hydrogens (tertiary/aromatic N) is 1. The molecule has 2 aliphatic carbocycles. The van der Waals surface area contributed by atoms with E-state index in [-0.39, 0.29) is 5.54 Å². The summed E-state index contributed by atoms with van der Waals surface area (Å²) in [5, 5.41) is 0. The van der Waals surface area contributed by atoms with Gasteiger partial charge in [-0.1, -0.05) is 0 Å². The Morgan fingerprint density at radius 3 is 3.00 bits per heavy atom. The number of hydrogen-bond acceptors (Lipinski definition) is 2. The topological polar surface area (TPSA) is 29.3 Å². The van der Waals surface area contributed by atoms with Gasteiger partial charge in [-0.3, -0.25) is 0 Å². The van der Waals surface area contributed by atoms with Gasteiger partial charge in [-0.25, -0.2) is 0 Å². The molecule has 4 atom stereocenters. The molecule has 0 aromatic carbocycles. The number of fused-ring (bicyclic) bond motifs is 3. The number of likely N-dealkylation sites (N-methyl/N-ethyl adjacent to an activating group) is 1. The van der Waals surface area contributed by atoms with Crippen LogP contribution in [-0.4, -0.2) is 30.6 Å². The zero-order valence-corrected chi connectivity index (χ0v) is 7.09. The fourth-order valence-electron chi connectivity index (χ4n) is 3.45. The monoisotopic (exact) mass is 152 g/mol. The summed E-state index contributed by atoms with van der Waals surface area (Å²) >= 11 is 0. The fourth-order valence-corrected chi connectivity index (χ4v) is 3.45. The van der Waals surface area contributed by atoms with Gasteiger partial charge < -0.3 is 10.6 Å². The van der Waals surface area contributed by atoms with Crippen molar-refractivity contribution in [3.05, 3.63) is 0 Å². The first kappa shape index (κ1) is 6.44. The van der Waals surface area contributed by atoms with E-state index in [9.17, 15) is 0 Å². The van der Waals surface area contributed by atoms with Crippen LogP contribution in [0.5, 0.6) is 0 Å². The third-order valence-electron chi connectivity index (χ3n) is 4.04. The SMILES string of the molecule is CN1CC2C[C@@H]3C[C@@H]3[C@@]2(N)C1. The summed E-state index contributed by atoms with van der Waals surface area (Å²) in [6, 6.07) is 0. The van der Waals surface area contributed by atoms with E-state index in [1.165, 1.54) is 19.4 Å². The van der Waals surface area contributed by atoms with Crippen LogP contribution in [0.1, 0.15) is 12.8 Å². The quantitative estimate of drug-likeness (QED) is 0.540. The summed E-state index contributed by atoms with van der Waals surface area (Å²) in [6.07, 6.45) is 2.85. The maximum Gasteiger partial charge on any atom is 0.0355 e. The number of likely N-dealkylation sites (tertiary alicyclic amines) is 1. The molecular weight excluding hydrogens is 136 g/mol. The highest BCUT2D eigenvalue weighted by atomic mass is 15.2. The first-order chi connectivity index (χ1) is 5.20. The van der Waals surface area contributed by atoms with Crippen LogP contribution in [0.3, 0.4) is 0 Å². The Hall–Kier alpha value is -0.0800. The van der Waals surface area contributed by atoms with Gasteiger partial charge in [0.1, 0.15) is 0 Å². The Balaban J connectivity index is 1.92. The van der Waals surface area contributed by atoms with Crippen molar-refractivity contribution < 1.29 is 0 Å². The predicted octanol–water partition coefficient (Wildman–Crippen LogP) is 0.285. The van der Waals surface area contributed by atoms with E-state index in [1.807, 2.05) is 0 Å². The normalized spacial score (nSPS) is 61.1. The van der Waals surface area contributed by atoms with Gasteiger partial charge in [-0.2, -0.15) is 0 Å². The lowest BCUT2D eigenvalue weighted by Gasteiger charge is -2.25. The van der Waals surface area contributed by atoms with Gasteiger partial charge >= 0.3 is 0 Å². The molecular formula is C9H16N2. The Kier molecular flexibility index (Phi) is 0.961. The molecule has 62 valence electrons. The molecule has 1 unspecified atom stereocenters. The second kappa shape index (κ2) is 1.64. The Labute approximate surface area is 67.7 Å². The second-order valence-electron chi connectivity index (χ2n) is 4.84. The Bertz CT molecular complexity index is 202. The molecule has 1 heterocycles. The highest BCUT2D eigenvalue weighted by Crippen LogP contribution is 2.60. The highest BCUT2D eigenvalue weighted by molar-refractivity contribution is 5.18. The summed E-state index contributed by atoms with van der Waals surface area (Å²) in [7, 11) is 2.20. The number of hydrogen-bond donors (Lipinski definition) is 1. The number of rotatable bonds is 0. The second-order valence-corrected chi connectivity index (χ2v) is 4.84. The maximum absolute atomic E-state index is 6.40. The van der Waals surface area contributed by atoms with Gasteiger partial charge in [-0.15, -0.1) is 0 Å². The van der Waals surface area contributed by atoms with Crippen LogP contribution >= 0.6 is 0 Å². The molecule has 0 amide bonds. The fraction of sp³-hybridized carbons (Fsp3) is 1.00. The van der Waals surface area contributed by atoms with E-state index in [0.717, 1.165) is 24.3 Å². The average Bonchev–Trinajstić information content (AvgIpc) is 2.52. The largest absolute Gasteiger partial charge is 0.323 e. The van der Waals surface area contributed by atoms with Crippen molar-refractivity contribution in [3.8, 4) is 0 Å². The van der Waals surface area contributed by atoms with Gasteiger partial charge in [0.15, 0.2) is 0 Å². The lowest BCUT2D eigenvalue weighted by molar-refractivity contribution is 0.332. The first-order valence-electron chi connectivity index (χ1n) is 4.67. The molecule has 0 spiro atoms.